The molecule has 10 heteroatoms. The van der Waals surface area contributed by atoms with Crippen LogP contribution in [0.25, 0.3) is 5.76 Å². The molecule has 1 N–H and O–H groups in total. The summed E-state index contributed by atoms with van der Waals surface area (Å²) >= 11 is 0. The van der Waals surface area contributed by atoms with Crippen LogP contribution in [0.2, 0.25) is 0 Å². The van der Waals surface area contributed by atoms with E-state index >= 15 is 0 Å². The molecule has 0 spiro atoms. The minimum Gasteiger partial charge on any atom is -0.507 e. The molecule has 1 heterocycles. The number of anilines is 1. The van der Waals surface area contributed by atoms with E-state index in [1.807, 2.05) is 13.8 Å². The summed E-state index contributed by atoms with van der Waals surface area (Å²) in [5.74, 6) is -1.63. The van der Waals surface area contributed by atoms with Gasteiger partial charge in [0, 0.05) is 17.3 Å². The van der Waals surface area contributed by atoms with Gasteiger partial charge in [-0.2, -0.15) is 0 Å². The number of amides is 1. The Balaban J connectivity index is 1.81. The summed E-state index contributed by atoms with van der Waals surface area (Å²) in [4.78, 5) is 27.6. The predicted octanol–water partition coefficient (Wildman–Crippen LogP) is 6.25. The molecule has 0 radical (unpaired) electrons. The van der Waals surface area contributed by atoms with Crippen molar-refractivity contribution >= 4 is 23.1 Å². The molecule has 0 aromatic heterocycles. The van der Waals surface area contributed by atoms with E-state index in [2.05, 4.69) is 4.74 Å². The summed E-state index contributed by atoms with van der Waals surface area (Å²) in [5, 5.41) is 11.3. The smallest absolute Gasteiger partial charge is 0.507 e. The Morgan fingerprint density at radius 1 is 0.949 bits per heavy atom. The summed E-state index contributed by atoms with van der Waals surface area (Å²) in [7, 11) is 1.47. The van der Waals surface area contributed by atoms with Gasteiger partial charge in [0.1, 0.15) is 23.0 Å². The number of methoxy groups -OCH3 is 1. The van der Waals surface area contributed by atoms with Gasteiger partial charge in [0.2, 0.25) is 0 Å². The average Bonchev–Trinajstić information content (AvgIpc) is 3.16. The molecule has 4 rings (SSSR count). The van der Waals surface area contributed by atoms with E-state index in [0.717, 1.165) is 17.0 Å². The van der Waals surface area contributed by atoms with Gasteiger partial charge in [-0.05, 0) is 60.0 Å². The highest BCUT2D eigenvalue weighted by molar-refractivity contribution is 6.51. The summed E-state index contributed by atoms with van der Waals surface area (Å²) in [6, 6.07) is 16.4. The first kappa shape index (κ1) is 27.6. The van der Waals surface area contributed by atoms with Gasteiger partial charge in [-0.3, -0.25) is 14.5 Å². The molecule has 0 bridgehead atoms. The van der Waals surface area contributed by atoms with Crippen LogP contribution in [0.3, 0.4) is 0 Å². The number of nitrogens with zero attached hydrogens (tertiary/aromatic N) is 1. The van der Waals surface area contributed by atoms with Crippen molar-refractivity contribution in [3.05, 3.63) is 89.5 Å². The van der Waals surface area contributed by atoms with Crippen LogP contribution < -0.4 is 19.1 Å². The number of ether oxygens (including phenoxy) is 3. The third-order valence-corrected chi connectivity index (χ3v) is 5.92. The maximum Gasteiger partial charge on any atom is 0.573 e. The summed E-state index contributed by atoms with van der Waals surface area (Å²) < 4.78 is 53.4. The minimum atomic E-state index is -4.95. The van der Waals surface area contributed by atoms with Crippen LogP contribution in [0.5, 0.6) is 17.2 Å². The first-order valence-electron chi connectivity index (χ1n) is 12.0. The van der Waals surface area contributed by atoms with Crippen LogP contribution in [0.1, 0.15) is 31.0 Å². The molecular weight excluding hydrogens is 515 g/mol. The highest BCUT2D eigenvalue weighted by Crippen LogP contribution is 2.43. The second kappa shape index (κ2) is 11.1. The van der Waals surface area contributed by atoms with Gasteiger partial charge >= 0.3 is 6.36 Å². The zero-order chi connectivity index (χ0) is 28.3. The minimum absolute atomic E-state index is 0.0175. The maximum absolute atomic E-state index is 13.3. The number of benzene rings is 3. The number of ketones is 1. The van der Waals surface area contributed by atoms with E-state index in [4.69, 9.17) is 9.47 Å². The second-order valence-electron chi connectivity index (χ2n) is 9.22. The van der Waals surface area contributed by atoms with Crippen LogP contribution >= 0.6 is 0 Å². The van der Waals surface area contributed by atoms with Gasteiger partial charge in [-0.15, -0.1) is 13.2 Å². The molecule has 1 atom stereocenters. The quantitative estimate of drug-likeness (QED) is 0.206. The molecule has 3 aromatic rings. The fourth-order valence-corrected chi connectivity index (χ4v) is 4.16. The van der Waals surface area contributed by atoms with Crippen molar-refractivity contribution in [3.63, 3.8) is 0 Å². The van der Waals surface area contributed by atoms with Crippen molar-refractivity contribution in [1.82, 2.24) is 0 Å². The lowest BCUT2D eigenvalue weighted by Gasteiger charge is -2.26. The van der Waals surface area contributed by atoms with Gasteiger partial charge in [0.25, 0.3) is 11.7 Å². The predicted molar refractivity (Wildman–Crippen MR) is 138 cm³/mol. The van der Waals surface area contributed by atoms with E-state index in [-0.39, 0.29) is 16.8 Å². The van der Waals surface area contributed by atoms with E-state index in [1.54, 1.807) is 48.5 Å². The second-order valence-corrected chi connectivity index (χ2v) is 9.22. The highest BCUT2D eigenvalue weighted by Gasteiger charge is 2.47. The first-order valence-corrected chi connectivity index (χ1v) is 12.0. The molecular formula is C29H26F3NO6. The van der Waals surface area contributed by atoms with E-state index in [9.17, 15) is 27.9 Å². The summed E-state index contributed by atoms with van der Waals surface area (Å²) in [5.41, 5.74) is 0.451. The zero-order valence-electron chi connectivity index (χ0n) is 21.4. The number of carbonyl (C=O) groups is 2. The van der Waals surface area contributed by atoms with Gasteiger partial charge in [-0.1, -0.05) is 32.0 Å². The Kier molecular flexibility index (Phi) is 7.85. The summed E-state index contributed by atoms with van der Waals surface area (Å²) in [6.45, 7) is 4.50. The monoisotopic (exact) mass is 541 g/mol. The fourth-order valence-electron chi connectivity index (χ4n) is 4.16. The van der Waals surface area contributed by atoms with Crippen molar-refractivity contribution in [1.29, 1.82) is 0 Å². The zero-order valence-corrected chi connectivity index (χ0v) is 21.4. The lowest BCUT2D eigenvalue weighted by Crippen LogP contribution is -2.29. The SMILES string of the molecule is COc1ccc(C2/C(=C(\O)c3ccc(OCC(C)C)cc3)C(=O)C(=O)N2c2cccc(OC(F)(F)F)c2)cc1. The first-order chi connectivity index (χ1) is 18.5. The number of rotatable bonds is 8. The third kappa shape index (κ3) is 6.17. The molecule has 1 saturated heterocycles. The number of Topliss-reactive ketones (excluding diaryl/α,β-unsaturated/α-hetero) is 1. The van der Waals surface area contributed by atoms with E-state index < -0.39 is 35.6 Å². The Morgan fingerprint density at radius 2 is 1.59 bits per heavy atom. The summed E-state index contributed by atoms with van der Waals surface area (Å²) in [6.07, 6.45) is -4.95. The molecule has 0 aliphatic carbocycles. The van der Waals surface area contributed by atoms with Gasteiger partial charge in [0.05, 0.1) is 25.3 Å². The molecule has 204 valence electrons. The third-order valence-electron chi connectivity index (χ3n) is 5.92. The molecule has 1 fully saturated rings. The molecule has 0 saturated carbocycles. The Bertz CT molecular complexity index is 1380. The number of carbonyl (C=O) groups excluding carboxylic acids is 2. The molecule has 1 aliphatic rings. The lowest BCUT2D eigenvalue weighted by atomic mass is 9.95. The number of halogens is 3. The molecule has 1 aliphatic heterocycles. The van der Waals surface area contributed by atoms with Crippen LogP contribution in [0, 0.1) is 5.92 Å². The van der Waals surface area contributed by atoms with E-state index in [1.165, 1.54) is 19.2 Å². The topological polar surface area (TPSA) is 85.3 Å². The highest BCUT2D eigenvalue weighted by atomic mass is 19.4. The van der Waals surface area contributed by atoms with Crippen LogP contribution in [-0.2, 0) is 9.59 Å². The Labute approximate surface area is 223 Å². The van der Waals surface area contributed by atoms with Gasteiger partial charge < -0.3 is 19.3 Å². The fraction of sp³-hybridized carbons (Fsp3) is 0.241. The van der Waals surface area contributed by atoms with Crippen molar-refractivity contribution < 1.29 is 42.1 Å². The van der Waals surface area contributed by atoms with Crippen molar-refractivity contribution in [3.8, 4) is 17.2 Å². The van der Waals surface area contributed by atoms with Crippen molar-refractivity contribution in [2.24, 2.45) is 5.92 Å². The average molecular weight is 542 g/mol. The number of aliphatic hydroxyl groups excluding tert-OH is 1. The maximum atomic E-state index is 13.3. The van der Waals surface area contributed by atoms with Crippen molar-refractivity contribution in [2.45, 2.75) is 26.3 Å². The van der Waals surface area contributed by atoms with Gasteiger partial charge in [-0.25, -0.2) is 0 Å². The molecule has 7 nitrogen and oxygen atoms in total. The molecule has 3 aromatic carbocycles. The number of hydrogen-bond acceptors (Lipinski definition) is 6. The van der Waals surface area contributed by atoms with Crippen LogP contribution in [-0.4, -0.2) is 36.9 Å². The van der Waals surface area contributed by atoms with E-state index in [0.29, 0.717) is 29.6 Å². The Hall–Kier alpha value is -4.47. The largest absolute Gasteiger partial charge is 0.573 e. The number of aliphatic hydroxyl groups is 1. The van der Waals surface area contributed by atoms with Gasteiger partial charge in [0.15, 0.2) is 0 Å². The van der Waals surface area contributed by atoms with Crippen molar-refractivity contribution in [2.75, 3.05) is 18.6 Å². The molecule has 39 heavy (non-hydrogen) atoms. The molecule has 1 amide bonds. The standard InChI is InChI=1S/C29H26F3NO6/c1-17(2)16-38-22-13-9-19(10-14-22)26(34)24-25(18-7-11-21(37-3)12-8-18)33(28(36)27(24)35)20-5-4-6-23(15-20)39-29(30,31)32/h4-15,17,25,34H,16H2,1-3H3/b26-24+. The lowest BCUT2D eigenvalue weighted by molar-refractivity contribution is -0.274. The molecule has 1 unspecified atom stereocenters. The number of hydrogen-bond donors (Lipinski definition) is 1. The van der Waals surface area contributed by atoms with Crippen LogP contribution in [0.4, 0.5) is 18.9 Å². The number of alkyl halides is 3. The normalized spacial score (nSPS) is 17.0. The Morgan fingerprint density at radius 3 is 2.18 bits per heavy atom. The van der Waals surface area contributed by atoms with Crippen LogP contribution in [0.15, 0.2) is 78.4 Å².